The number of benzene rings is 3. The molecule has 0 spiro atoms. The number of H-pyrrole nitrogens is 1. The molecule has 0 unspecified atom stereocenters. The van der Waals surface area contributed by atoms with Crippen LogP contribution in [0.5, 0.6) is 5.75 Å². The van der Waals surface area contributed by atoms with E-state index in [1.807, 2.05) is 62.4 Å². The Bertz CT molecular complexity index is 1320. The molecule has 3 aromatic carbocycles. The number of fused-ring (bicyclic) bond motifs is 1. The molecule has 4 rings (SSSR count). The molecule has 31 heavy (non-hydrogen) atoms. The lowest BCUT2D eigenvalue weighted by molar-refractivity contribution is 0.0984. The van der Waals surface area contributed by atoms with Gasteiger partial charge < -0.3 is 14.6 Å². The number of amides is 1. The standard InChI is InChI=1S/C26H24N2O3/c1-17-11-12-24(18(2)13-17)28(26(30)20-8-6-9-22(15-20)31-3)16-21-14-19-7-4-5-10-23(19)27-25(21)29/h4-15H,16H2,1-3H3,(H,27,29). The molecule has 0 aliphatic heterocycles. The molecule has 0 aliphatic rings. The zero-order valence-corrected chi connectivity index (χ0v) is 17.8. The van der Waals surface area contributed by atoms with E-state index in [4.69, 9.17) is 4.74 Å². The van der Waals surface area contributed by atoms with E-state index >= 15 is 0 Å². The number of rotatable bonds is 5. The molecule has 5 heteroatoms. The Balaban J connectivity index is 1.81. The van der Waals surface area contributed by atoms with Gasteiger partial charge in [0.25, 0.3) is 11.5 Å². The number of para-hydroxylation sites is 1. The van der Waals surface area contributed by atoms with Crippen molar-refractivity contribution in [1.29, 1.82) is 0 Å². The molecule has 0 radical (unpaired) electrons. The second-order valence-corrected chi connectivity index (χ2v) is 7.62. The van der Waals surface area contributed by atoms with Crippen molar-refractivity contribution in [3.63, 3.8) is 0 Å². The highest BCUT2D eigenvalue weighted by atomic mass is 16.5. The number of ether oxygens (including phenoxy) is 1. The lowest BCUT2D eigenvalue weighted by Gasteiger charge is -2.25. The summed E-state index contributed by atoms with van der Waals surface area (Å²) in [5.41, 5.74) is 4.44. The smallest absolute Gasteiger partial charge is 0.258 e. The molecule has 4 aromatic rings. The first-order chi connectivity index (χ1) is 15.0. The number of hydrogen-bond donors (Lipinski definition) is 1. The Morgan fingerprint density at radius 1 is 0.968 bits per heavy atom. The maximum Gasteiger partial charge on any atom is 0.258 e. The van der Waals surface area contributed by atoms with E-state index in [0.717, 1.165) is 27.7 Å². The first kappa shape index (κ1) is 20.4. The first-order valence-electron chi connectivity index (χ1n) is 10.1. The average Bonchev–Trinajstić information content (AvgIpc) is 2.77. The highest BCUT2D eigenvalue weighted by Crippen LogP contribution is 2.26. The summed E-state index contributed by atoms with van der Waals surface area (Å²) in [5, 5.41) is 0.923. The Kier molecular flexibility index (Phi) is 5.58. The summed E-state index contributed by atoms with van der Waals surface area (Å²) in [5.74, 6) is 0.411. The van der Waals surface area contributed by atoms with Gasteiger partial charge >= 0.3 is 0 Å². The number of aromatic nitrogens is 1. The van der Waals surface area contributed by atoms with E-state index in [9.17, 15) is 9.59 Å². The summed E-state index contributed by atoms with van der Waals surface area (Å²) in [6.45, 7) is 4.14. The van der Waals surface area contributed by atoms with Crippen LogP contribution in [0.15, 0.2) is 77.6 Å². The van der Waals surface area contributed by atoms with Crippen LogP contribution in [0.1, 0.15) is 27.0 Å². The number of aryl methyl sites for hydroxylation is 2. The Morgan fingerprint density at radius 2 is 1.77 bits per heavy atom. The number of nitrogens with one attached hydrogen (secondary N) is 1. The summed E-state index contributed by atoms with van der Waals surface area (Å²) in [6, 6.07) is 22.5. The zero-order valence-electron chi connectivity index (χ0n) is 17.8. The van der Waals surface area contributed by atoms with E-state index in [1.165, 1.54) is 0 Å². The summed E-state index contributed by atoms with van der Waals surface area (Å²) >= 11 is 0. The van der Waals surface area contributed by atoms with Crippen LogP contribution in [0.4, 0.5) is 5.69 Å². The monoisotopic (exact) mass is 412 g/mol. The molecule has 1 heterocycles. The Morgan fingerprint density at radius 3 is 2.55 bits per heavy atom. The van der Waals surface area contributed by atoms with Gasteiger partial charge in [-0.1, -0.05) is 42.0 Å². The number of methoxy groups -OCH3 is 1. The fraction of sp³-hybridized carbons (Fsp3) is 0.154. The van der Waals surface area contributed by atoms with Gasteiger partial charge in [0.15, 0.2) is 0 Å². The molecule has 0 fully saturated rings. The van der Waals surface area contributed by atoms with Crippen LogP contribution in [-0.4, -0.2) is 18.0 Å². The SMILES string of the molecule is COc1cccc(C(=O)N(Cc2cc3ccccc3[nH]c2=O)c2ccc(C)cc2C)c1. The van der Waals surface area contributed by atoms with Crippen LogP contribution in [0.3, 0.4) is 0 Å². The van der Waals surface area contributed by atoms with E-state index < -0.39 is 0 Å². The summed E-state index contributed by atoms with van der Waals surface area (Å²) in [6.07, 6.45) is 0. The highest BCUT2D eigenvalue weighted by Gasteiger charge is 2.22. The van der Waals surface area contributed by atoms with Gasteiger partial charge in [-0.15, -0.1) is 0 Å². The summed E-state index contributed by atoms with van der Waals surface area (Å²) < 4.78 is 5.29. The molecular weight excluding hydrogens is 388 g/mol. The Labute approximate surface area is 180 Å². The first-order valence-corrected chi connectivity index (χ1v) is 10.1. The molecule has 0 atom stereocenters. The molecule has 5 nitrogen and oxygen atoms in total. The van der Waals surface area contributed by atoms with Gasteiger partial charge in [-0.2, -0.15) is 0 Å². The minimum Gasteiger partial charge on any atom is -0.497 e. The number of aromatic amines is 1. The second-order valence-electron chi connectivity index (χ2n) is 7.62. The molecule has 1 aromatic heterocycles. The third kappa shape index (κ3) is 4.21. The van der Waals surface area contributed by atoms with Crippen LogP contribution in [0.2, 0.25) is 0 Å². The Hall–Kier alpha value is -3.86. The molecule has 0 saturated carbocycles. The van der Waals surface area contributed by atoms with Crippen LogP contribution in [0, 0.1) is 13.8 Å². The fourth-order valence-corrected chi connectivity index (χ4v) is 3.77. The predicted octanol–water partition coefficient (Wildman–Crippen LogP) is 5.00. The number of hydrogen-bond acceptors (Lipinski definition) is 3. The number of anilines is 1. The maximum absolute atomic E-state index is 13.6. The molecule has 1 N–H and O–H groups in total. The van der Waals surface area contributed by atoms with E-state index in [-0.39, 0.29) is 18.0 Å². The molecule has 156 valence electrons. The third-order valence-electron chi connectivity index (χ3n) is 5.36. The second kappa shape index (κ2) is 8.48. The molecular formula is C26H24N2O3. The van der Waals surface area contributed by atoms with Gasteiger partial charge in [0, 0.05) is 22.3 Å². The zero-order chi connectivity index (χ0) is 22.0. The molecule has 0 aliphatic carbocycles. The van der Waals surface area contributed by atoms with Crippen LogP contribution in [-0.2, 0) is 6.54 Å². The lowest BCUT2D eigenvalue weighted by Crippen LogP contribution is -2.33. The minimum absolute atomic E-state index is 0.153. The van der Waals surface area contributed by atoms with Gasteiger partial charge in [0.1, 0.15) is 5.75 Å². The lowest BCUT2D eigenvalue weighted by atomic mass is 10.1. The number of carbonyl (C=O) groups is 1. The normalized spacial score (nSPS) is 10.8. The predicted molar refractivity (Wildman–Crippen MR) is 124 cm³/mol. The van der Waals surface area contributed by atoms with Gasteiger partial charge in [0.05, 0.1) is 13.7 Å². The van der Waals surface area contributed by atoms with Crippen molar-refractivity contribution >= 4 is 22.5 Å². The van der Waals surface area contributed by atoms with Gasteiger partial charge in [0.2, 0.25) is 0 Å². The van der Waals surface area contributed by atoms with Crippen molar-refractivity contribution < 1.29 is 9.53 Å². The van der Waals surface area contributed by atoms with Crippen molar-refractivity contribution in [2.45, 2.75) is 20.4 Å². The summed E-state index contributed by atoms with van der Waals surface area (Å²) in [7, 11) is 1.57. The number of pyridine rings is 1. The van der Waals surface area contributed by atoms with Crippen molar-refractivity contribution in [3.8, 4) is 5.75 Å². The van der Waals surface area contributed by atoms with Crippen molar-refractivity contribution in [2.75, 3.05) is 12.0 Å². The van der Waals surface area contributed by atoms with Gasteiger partial charge in [-0.05, 0) is 61.2 Å². The third-order valence-corrected chi connectivity index (χ3v) is 5.36. The quantitative estimate of drug-likeness (QED) is 0.502. The van der Waals surface area contributed by atoms with Crippen molar-refractivity contribution in [1.82, 2.24) is 4.98 Å². The molecule has 1 amide bonds. The van der Waals surface area contributed by atoms with Crippen LogP contribution in [0.25, 0.3) is 10.9 Å². The van der Waals surface area contributed by atoms with Gasteiger partial charge in [-0.25, -0.2) is 0 Å². The molecule has 0 bridgehead atoms. The fourth-order valence-electron chi connectivity index (χ4n) is 3.77. The maximum atomic E-state index is 13.6. The minimum atomic E-state index is -0.202. The largest absolute Gasteiger partial charge is 0.497 e. The van der Waals surface area contributed by atoms with Crippen LogP contribution < -0.4 is 15.2 Å². The summed E-state index contributed by atoms with van der Waals surface area (Å²) in [4.78, 5) is 31.0. The topological polar surface area (TPSA) is 62.4 Å². The highest BCUT2D eigenvalue weighted by molar-refractivity contribution is 6.06. The van der Waals surface area contributed by atoms with Crippen LogP contribution >= 0.6 is 0 Å². The molecule has 0 saturated heterocycles. The van der Waals surface area contributed by atoms with Crippen molar-refractivity contribution in [3.05, 3.63) is 105 Å². The number of carbonyl (C=O) groups excluding carboxylic acids is 1. The van der Waals surface area contributed by atoms with Gasteiger partial charge in [-0.3, -0.25) is 9.59 Å². The average molecular weight is 412 g/mol. The van der Waals surface area contributed by atoms with Crippen molar-refractivity contribution in [2.24, 2.45) is 0 Å². The van der Waals surface area contributed by atoms with E-state index in [2.05, 4.69) is 4.98 Å². The number of nitrogens with zero attached hydrogens (tertiary/aromatic N) is 1. The van der Waals surface area contributed by atoms with E-state index in [1.54, 1.807) is 36.3 Å². The van der Waals surface area contributed by atoms with E-state index in [0.29, 0.717) is 16.9 Å².